The van der Waals surface area contributed by atoms with E-state index in [-0.39, 0.29) is 5.91 Å². The number of hydrogen-bond acceptors (Lipinski definition) is 3. The Hall–Kier alpha value is -2.66. The third-order valence-corrected chi connectivity index (χ3v) is 4.51. The zero-order valence-electron chi connectivity index (χ0n) is 14.9. The van der Waals surface area contributed by atoms with Crippen molar-refractivity contribution >= 4 is 17.5 Å². The number of carbonyl (C=O) groups excluding carboxylic acids is 1. The molecule has 0 aliphatic carbocycles. The molecule has 6 heteroatoms. The van der Waals surface area contributed by atoms with E-state index in [2.05, 4.69) is 15.4 Å². The Morgan fingerprint density at radius 1 is 1.12 bits per heavy atom. The fraction of sp³-hybridized carbons (Fsp3) is 0.250. The van der Waals surface area contributed by atoms with Gasteiger partial charge in [0.1, 0.15) is 0 Å². The molecule has 1 amide bonds. The molecular weight excluding hydrogens is 348 g/mol. The van der Waals surface area contributed by atoms with Gasteiger partial charge >= 0.3 is 0 Å². The number of para-hydroxylation sites is 1. The predicted octanol–water partition coefficient (Wildman–Crippen LogP) is 3.98. The third-order valence-electron chi connectivity index (χ3n) is 4.19. The average molecular weight is 369 g/mol. The molecule has 0 radical (unpaired) electrons. The Morgan fingerprint density at radius 2 is 1.88 bits per heavy atom. The van der Waals surface area contributed by atoms with Crippen molar-refractivity contribution in [1.29, 1.82) is 0 Å². The molecule has 3 rings (SSSR count). The quantitative estimate of drug-likeness (QED) is 0.716. The molecular formula is C20H21ClN4O. The van der Waals surface area contributed by atoms with Crippen LogP contribution in [0.25, 0.3) is 5.69 Å². The Morgan fingerprint density at radius 3 is 2.54 bits per heavy atom. The molecule has 26 heavy (non-hydrogen) atoms. The lowest BCUT2D eigenvalue weighted by molar-refractivity contribution is 0.0948. The summed E-state index contributed by atoms with van der Waals surface area (Å²) in [6, 6.07) is 13.2. The second-order valence-corrected chi connectivity index (χ2v) is 6.25. The fourth-order valence-corrected chi connectivity index (χ4v) is 3.14. The highest BCUT2D eigenvalue weighted by atomic mass is 35.5. The molecule has 0 aliphatic rings. The van der Waals surface area contributed by atoms with Gasteiger partial charge in [-0.3, -0.25) is 9.78 Å². The number of aromatic nitrogens is 3. The molecule has 0 fully saturated rings. The molecule has 134 valence electrons. The van der Waals surface area contributed by atoms with Crippen molar-refractivity contribution in [3.8, 4) is 5.69 Å². The van der Waals surface area contributed by atoms with Gasteiger partial charge in [0.15, 0.2) is 0 Å². The van der Waals surface area contributed by atoms with Crippen LogP contribution in [0.5, 0.6) is 0 Å². The second-order valence-electron chi connectivity index (χ2n) is 5.84. The van der Waals surface area contributed by atoms with Crippen LogP contribution in [0.1, 0.15) is 41.3 Å². The lowest BCUT2D eigenvalue weighted by atomic mass is 10.1. The number of halogens is 1. The van der Waals surface area contributed by atoms with Crippen LogP contribution in [0.15, 0.2) is 48.7 Å². The van der Waals surface area contributed by atoms with Gasteiger partial charge < -0.3 is 5.32 Å². The monoisotopic (exact) mass is 368 g/mol. The molecule has 0 saturated carbocycles. The molecule has 0 bridgehead atoms. The number of hydrogen-bond donors (Lipinski definition) is 1. The second kappa shape index (κ2) is 8.15. The van der Waals surface area contributed by atoms with Crippen LogP contribution < -0.4 is 5.32 Å². The molecule has 0 aliphatic heterocycles. The van der Waals surface area contributed by atoms with Crippen molar-refractivity contribution < 1.29 is 4.79 Å². The standard InChI is InChI=1S/C20H21ClN4O/c1-3-16-19(20(26)23-13-14-9-7-8-12-22-14)17(4-2)25(24-16)18-11-6-5-10-15(18)21/h5-12H,3-4,13H2,1-2H3,(H,23,26). The summed E-state index contributed by atoms with van der Waals surface area (Å²) < 4.78 is 1.79. The predicted molar refractivity (Wildman–Crippen MR) is 103 cm³/mol. The van der Waals surface area contributed by atoms with Gasteiger partial charge in [0.05, 0.1) is 39.9 Å². The zero-order chi connectivity index (χ0) is 18.5. The molecule has 1 aromatic carbocycles. The maximum Gasteiger partial charge on any atom is 0.255 e. The normalized spacial score (nSPS) is 10.7. The van der Waals surface area contributed by atoms with Crippen molar-refractivity contribution in [3.05, 3.63) is 76.3 Å². The van der Waals surface area contributed by atoms with Crippen LogP contribution in [0.4, 0.5) is 0 Å². The summed E-state index contributed by atoms with van der Waals surface area (Å²) in [6.07, 6.45) is 3.05. The van der Waals surface area contributed by atoms with Crippen molar-refractivity contribution in [2.75, 3.05) is 0 Å². The molecule has 5 nitrogen and oxygen atoms in total. The largest absolute Gasteiger partial charge is 0.346 e. The summed E-state index contributed by atoms with van der Waals surface area (Å²) >= 11 is 6.34. The summed E-state index contributed by atoms with van der Waals surface area (Å²) in [7, 11) is 0. The van der Waals surface area contributed by atoms with Crippen molar-refractivity contribution in [2.45, 2.75) is 33.2 Å². The molecule has 0 unspecified atom stereocenters. The summed E-state index contributed by atoms with van der Waals surface area (Å²) in [5, 5.41) is 8.22. The molecule has 0 spiro atoms. The van der Waals surface area contributed by atoms with Crippen molar-refractivity contribution in [1.82, 2.24) is 20.1 Å². The number of benzene rings is 1. The van der Waals surface area contributed by atoms with Gasteiger partial charge in [-0.1, -0.05) is 43.6 Å². The number of aryl methyl sites for hydroxylation is 1. The first-order valence-electron chi connectivity index (χ1n) is 8.69. The minimum Gasteiger partial charge on any atom is -0.346 e. The first-order valence-corrected chi connectivity index (χ1v) is 9.07. The summed E-state index contributed by atoms with van der Waals surface area (Å²) in [5.74, 6) is -0.136. The zero-order valence-corrected chi connectivity index (χ0v) is 15.6. The molecule has 3 aromatic rings. The van der Waals surface area contributed by atoms with Gasteiger partial charge in [0.2, 0.25) is 0 Å². The van der Waals surface area contributed by atoms with Crippen LogP contribution in [0.2, 0.25) is 5.02 Å². The molecule has 0 atom stereocenters. The highest BCUT2D eigenvalue weighted by Gasteiger charge is 2.23. The molecule has 0 saturated heterocycles. The van der Waals surface area contributed by atoms with Gasteiger partial charge in [-0.25, -0.2) is 4.68 Å². The van der Waals surface area contributed by atoms with Crippen LogP contribution in [-0.4, -0.2) is 20.7 Å². The number of pyridine rings is 1. The molecule has 1 N–H and O–H groups in total. The maximum atomic E-state index is 12.9. The first kappa shape index (κ1) is 18.1. The van der Waals surface area contributed by atoms with E-state index in [1.165, 1.54) is 0 Å². The molecule has 2 heterocycles. The maximum absolute atomic E-state index is 12.9. The number of amides is 1. The average Bonchev–Trinajstić information content (AvgIpc) is 3.06. The topological polar surface area (TPSA) is 59.8 Å². The van der Waals surface area contributed by atoms with Crippen LogP contribution in [-0.2, 0) is 19.4 Å². The first-order chi connectivity index (χ1) is 12.7. The Labute approximate surface area is 158 Å². The van der Waals surface area contributed by atoms with Crippen LogP contribution in [0, 0.1) is 0 Å². The van der Waals surface area contributed by atoms with Crippen molar-refractivity contribution in [3.63, 3.8) is 0 Å². The minimum absolute atomic E-state index is 0.136. The summed E-state index contributed by atoms with van der Waals surface area (Å²) in [6.45, 7) is 4.39. The Balaban J connectivity index is 1.96. The fourth-order valence-electron chi connectivity index (χ4n) is 2.92. The summed E-state index contributed by atoms with van der Waals surface area (Å²) in [5.41, 5.74) is 3.85. The van der Waals surface area contributed by atoms with Crippen LogP contribution >= 0.6 is 11.6 Å². The van der Waals surface area contributed by atoms with Gasteiger partial charge in [-0.05, 0) is 37.1 Å². The van der Waals surface area contributed by atoms with E-state index in [1.807, 2.05) is 56.3 Å². The van der Waals surface area contributed by atoms with E-state index in [9.17, 15) is 4.79 Å². The van der Waals surface area contributed by atoms with Gasteiger partial charge in [0.25, 0.3) is 5.91 Å². The lowest BCUT2D eigenvalue weighted by Crippen LogP contribution is -2.25. The SMILES string of the molecule is CCc1nn(-c2ccccc2Cl)c(CC)c1C(=O)NCc1ccccn1. The van der Waals surface area contributed by atoms with Gasteiger partial charge in [0, 0.05) is 6.20 Å². The van der Waals surface area contributed by atoms with E-state index >= 15 is 0 Å². The lowest BCUT2D eigenvalue weighted by Gasteiger charge is -2.10. The number of nitrogens with zero attached hydrogens (tertiary/aromatic N) is 3. The smallest absolute Gasteiger partial charge is 0.255 e. The van der Waals surface area contributed by atoms with E-state index in [4.69, 9.17) is 11.6 Å². The highest BCUT2D eigenvalue weighted by Crippen LogP contribution is 2.25. The summed E-state index contributed by atoms with van der Waals surface area (Å²) in [4.78, 5) is 17.1. The van der Waals surface area contributed by atoms with Gasteiger partial charge in [-0.2, -0.15) is 5.10 Å². The number of rotatable bonds is 6. The highest BCUT2D eigenvalue weighted by molar-refractivity contribution is 6.32. The minimum atomic E-state index is -0.136. The van der Waals surface area contributed by atoms with E-state index < -0.39 is 0 Å². The number of nitrogens with one attached hydrogen (secondary N) is 1. The third kappa shape index (κ3) is 3.63. The van der Waals surface area contributed by atoms with E-state index in [0.717, 1.165) is 22.8 Å². The van der Waals surface area contributed by atoms with E-state index in [1.54, 1.807) is 10.9 Å². The van der Waals surface area contributed by atoms with Crippen molar-refractivity contribution in [2.24, 2.45) is 0 Å². The van der Waals surface area contributed by atoms with Gasteiger partial charge in [-0.15, -0.1) is 0 Å². The number of carbonyl (C=O) groups is 1. The Bertz CT molecular complexity index is 905. The van der Waals surface area contributed by atoms with Crippen LogP contribution in [0.3, 0.4) is 0 Å². The molecule has 2 aromatic heterocycles. The Kier molecular flexibility index (Phi) is 5.68. The van der Waals surface area contributed by atoms with E-state index in [0.29, 0.717) is 30.0 Å².